The van der Waals surface area contributed by atoms with Crippen molar-refractivity contribution in [1.29, 1.82) is 0 Å². The molecule has 8 nitrogen and oxygen atoms in total. The molecule has 1 amide bonds. The number of unbranched alkanes of at least 4 members (excludes halogenated alkanes) is 1. The summed E-state index contributed by atoms with van der Waals surface area (Å²) in [5.41, 5.74) is 6.84. The summed E-state index contributed by atoms with van der Waals surface area (Å²) in [7, 11) is 1.80. The van der Waals surface area contributed by atoms with Gasteiger partial charge in [0.25, 0.3) is 0 Å². The molecule has 0 spiro atoms. The maximum absolute atomic E-state index is 12.0. The summed E-state index contributed by atoms with van der Waals surface area (Å²) in [6, 6.07) is 6.22. The molecule has 42 heavy (non-hydrogen) atoms. The van der Waals surface area contributed by atoms with E-state index in [1.54, 1.807) is 14.0 Å². The van der Waals surface area contributed by atoms with Crippen molar-refractivity contribution < 1.29 is 4.79 Å². The molecule has 1 aliphatic rings. The Balaban J connectivity index is 2.05. The van der Waals surface area contributed by atoms with Crippen LogP contribution in [0.25, 0.3) is 11.3 Å². The highest BCUT2D eigenvalue weighted by molar-refractivity contribution is 6.01. The van der Waals surface area contributed by atoms with Crippen molar-refractivity contribution in [3.05, 3.63) is 83.1 Å². The van der Waals surface area contributed by atoms with E-state index in [1.165, 1.54) is 0 Å². The van der Waals surface area contributed by atoms with E-state index in [9.17, 15) is 4.79 Å². The normalized spacial score (nSPS) is 15.5. The number of amidine groups is 1. The molecule has 0 saturated carbocycles. The lowest BCUT2D eigenvalue weighted by Crippen LogP contribution is -2.50. The van der Waals surface area contributed by atoms with Gasteiger partial charge in [-0.15, -0.1) is 0 Å². The predicted octanol–water partition coefficient (Wildman–Crippen LogP) is 5.89. The van der Waals surface area contributed by atoms with Crippen molar-refractivity contribution >= 4 is 17.5 Å². The van der Waals surface area contributed by atoms with Crippen LogP contribution in [0.15, 0.2) is 76.3 Å². The number of carbonyl (C=O) groups excluding carboxylic acids is 1. The summed E-state index contributed by atoms with van der Waals surface area (Å²) in [5.74, 6) is 1.91. The first-order valence-electron chi connectivity index (χ1n) is 15.0. The minimum Gasteiger partial charge on any atom is -0.355 e. The lowest BCUT2D eigenvalue weighted by molar-refractivity contribution is -0.130. The van der Waals surface area contributed by atoms with Crippen LogP contribution in [0, 0.1) is 13.8 Å². The van der Waals surface area contributed by atoms with Gasteiger partial charge < -0.3 is 15.1 Å². The molecule has 0 atom stereocenters. The Labute approximate surface area is 252 Å². The number of carbonyl (C=O) groups is 1. The van der Waals surface area contributed by atoms with Gasteiger partial charge in [-0.05, 0) is 69.0 Å². The molecule has 1 aliphatic heterocycles. The molecular formula is C34H47N7O. The quantitative estimate of drug-likeness (QED) is 0.207. The highest BCUT2D eigenvalue weighted by atomic mass is 16.2. The molecule has 0 radical (unpaired) electrons. The minimum atomic E-state index is 0.124. The zero-order valence-electron chi connectivity index (χ0n) is 26.4. The van der Waals surface area contributed by atoms with Crippen LogP contribution in [-0.2, 0) is 4.79 Å². The molecule has 224 valence electrons. The average Bonchev–Trinajstić information content (AvgIpc) is 3.00. The summed E-state index contributed by atoms with van der Waals surface area (Å²) in [6.07, 6.45) is 15.2. The van der Waals surface area contributed by atoms with E-state index < -0.39 is 0 Å². The van der Waals surface area contributed by atoms with E-state index in [2.05, 4.69) is 64.4 Å². The average molecular weight is 570 g/mol. The first kappa shape index (κ1) is 32.4. The number of pyridine rings is 2. The number of amides is 1. The second kappa shape index (κ2) is 16.4. The van der Waals surface area contributed by atoms with E-state index >= 15 is 0 Å². The van der Waals surface area contributed by atoms with Gasteiger partial charge in [-0.3, -0.25) is 24.7 Å². The number of hydrogen-bond donors (Lipinski definition) is 1. The standard InChI is InChI=1S/C34H47N7O/c1-8-10-12-33(41-19-17-40(18-20-41)28(6)42)39-34(38-23-29(11-9-2)15-14-26(4)35-7)31-21-30(24-36-27(31)5)32-16-13-25(3)22-37-32/h11-16,21-22,24H,8-10,17-20,23H2,1-7H3,(H,38,39)/b15-14-,29-11-,33-12-,35-26?. The van der Waals surface area contributed by atoms with Crippen LogP contribution in [-0.4, -0.2) is 77.0 Å². The molecule has 1 fully saturated rings. The molecule has 8 heteroatoms. The predicted molar refractivity (Wildman–Crippen MR) is 175 cm³/mol. The summed E-state index contributed by atoms with van der Waals surface area (Å²) in [6.45, 7) is 15.4. The molecule has 3 heterocycles. The van der Waals surface area contributed by atoms with Crippen molar-refractivity contribution in [1.82, 2.24) is 25.1 Å². The van der Waals surface area contributed by atoms with Crippen LogP contribution in [0.3, 0.4) is 0 Å². The van der Waals surface area contributed by atoms with Crippen LogP contribution in [0.1, 0.15) is 63.8 Å². The number of allylic oxidation sites excluding steroid dienone is 3. The van der Waals surface area contributed by atoms with E-state index in [0.29, 0.717) is 19.6 Å². The van der Waals surface area contributed by atoms with E-state index in [-0.39, 0.29) is 5.91 Å². The van der Waals surface area contributed by atoms with Gasteiger partial charge in [0.15, 0.2) is 0 Å². The van der Waals surface area contributed by atoms with Crippen molar-refractivity contribution in [3.8, 4) is 11.3 Å². The number of rotatable bonds is 11. The number of aliphatic imine (C=N–C) groups is 2. The summed E-state index contributed by atoms with van der Waals surface area (Å²) < 4.78 is 0. The summed E-state index contributed by atoms with van der Waals surface area (Å²) >= 11 is 0. The monoisotopic (exact) mass is 569 g/mol. The third kappa shape index (κ3) is 9.50. The number of piperazine rings is 1. The maximum Gasteiger partial charge on any atom is 0.219 e. The second-order valence-electron chi connectivity index (χ2n) is 10.6. The third-order valence-electron chi connectivity index (χ3n) is 7.27. The largest absolute Gasteiger partial charge is 0.355 e. The van der Waals surface area contributed by atoms with E-state index in [4.69, 9.17) is 9.98 Å². The summed E-state index contributed by atoms with van der Waals surface area (Å²) in [5, 5.41) is 3.72. The lowest BCUT2D eigenvalue weighted by atomic mass is 10.1. The number of hydrogen-bond acceptors (Lipinski definition) is 6. The fourth-order valence-corrected chi connectivity index (χ4v) is 4.59. The Hall–Kier alpha value is -4.07. The van der Waals surface area contributed by atoms with Gasteiger partial charge in [-0.2, -0.15) is 0 Å². The van der Waals surface area contributed by atoms with Gasteiger partial charge in [0.1, 0.15) is 11.7 Å². The van der Waals surface area contributed by atoms with Crippen molar-refractivity contribution in [2.45, 2.75) is 60.8 Å². The van der Waals surface area contributed by atoms with Crippen LogP contribution in [0.4, 0.5) is 0 Å². The Bertz CT molecular complexity index is 1340. The second-order valence-corrected chi connectivity index (χ2v) is 10.6. The van der Waals surface area contributed by atoms with Gasteiger partial charge >= 0.3 is 0 Å². The minimum absolute atomic E-state index is 0.124. The van der Waals surface area contributed by atoms with Gasteiger partial charge in [-0.25, -0.2) is 0 Å². The number of aryl methyl sites for hydroxylation is 2. The molecule has 2 aromatic rings. The zero-order valence-corrected chi connectivity index (χ0v) is 26.4. The Morgan fingerprint density at radius 3 is 2.36 bits per heavy atom. The Morgan fingerprint density at radius 2 is 1.74 bits per heavy atom. The molecule has 2 aromatic heterocycles. The highest BCUT2D eigenvalue weighted by Crippen LogP contribution is 2.21. The maximum atomic E-state index is 12.0. The molecule has 0 aliphatic carbocycles. The van der Waals surface area contributed by atoms with Gasteiger partial charge in [-0.1, -0.05) is 38.5 Å². The van der Waals surface area contributed by atoms with Gasteiger partial charge in [0.2, 0.25) is 5.91 Å². The fourth-order valence-electron chi connectivity index (χ4n) is 4.59. The lowest BCUT2D eigenvalue weighted by Gasteiger charge is -2.37. The zero-order chi connectivity index (χ0) is 30.5. The molecule has 1 saturated heterocycles. The van der Waals surface area contributed by atoms with Crippen molar-refractivity contribution in [2.24, 2.45) is 9.98 Å². The molecular weight excluding hydrogens is 522 g/mol. The Morgan fingerprint density at radius 1 is 1.00 bits per heavy atom. The summed E-state index contributed by atoms with van der Waals surface area (Å²) in [4.78, 5) is 35.0. The molecule has 3 rings (SSSR count). The number of nitrogens with one attached hydrogen (secondary N) is 1. The van der Waals surface area contributed by atoms with Crippen molar-refractivity contribution in [2.75, 3.05) is 39.8 Å². The van der Waals surface area contributed by atoms with Crippen LogP contribution in [0.2, 0.25) is 0 Å². The number of nitrogens with zero attached hydrogens (tertiary/aromatic N) is 6. The fraction of sp³-hybridized carbons (Fsp3) is 0.441. The first-order chi connectivity index (χ1) is 20.2. The molecule has 0 bridgehead atoms. The van der Waals surface area contributed by atoms with Crippen molar-refractivity contribution in [3.63, 3.8) is 0 Å². The molecule has 0 unspecified atom stereocenters. The number of aromatic nitrogens is 2. The third-order valence-corrected chi connectivity index (χ3v) is 7.27. The SMILES string of the molecule is CC/C=C(/C=C\C(C)=NC)CN=C(N/C(=C/CCC)N1CCN(C(C)=O)CC1)c1cc(-c2ccc(C)cn2)cnc1C. The topological polar surface area (TPSA) is 86.1 Å². The molecule has 1 N–H and O–H groups in total. The van der Waals surface area contributed by atoms with Crippen LogP contribution in [0.5, 0.6) is 0 Å². The van der Waals surface area contributed by atoms with Gasteiger partial charge in [0.05, 0.1) is 12.2 Å². The smallest absolute Gasteiger partial charge is 0.219 e. The molecule has 0 aromatic carbocycles. The van der Waals surface area contributed by atoms with Gasteiger partial charge in [0, 0.05) is 75.1 Å². The highest BCUT2D eigenvalue weighted by Gasteiger charge is 2.22. The van der Waals surface area contributed by atoms with E-state index in [1.807, 2.05) is 50.2 Å². The Kier molecular flexibility index (Phi) is 12.7. The van der Waals surface area contributed by atoms with Crippen LogP contribution >= 0.6 is 0 Å². The first-order valence-corrected chi connectivity index (χ1v) is 15.0. The van der Waals surface area contributed by atoms with E-state index in [0.717, 1.165) is 83.4 Å². The van der Waals surface area contributed by atoms with Crippen LogP contribution < -0.4 is 5.32 Å².